The molecule has 12 aromatic rings. The molecule has 1 heterocycles. The van der Waals surface area contributed by atoms with Gasteiger partial charge in [-0.25, -0.2) is 0 Å². The summed E-state index contributed by atoms with van der Waals surface area (Å²) in [6, 6.07) is 90.7. The highest BCUT2D eigenvalue weighted by Gasteiger charge is 2.46. The lowest BCUT2D eigenvalue weighted by Crippen LogP contribution is -2.28. The molecule has 11 aromatic carbocycles. The highest BCUT2D eigenvalue weighted by Crippen LogP contribution is 2.57. The van der Waals surface area contributed by atoms with Gasteiger partial charge in [0.05, 0.1) is 5.41 Å². The molecule has 2 nitrogen and oxygen atoms in total. The van der Waals surface area contributed by atoms with Crippen molar-refractivity contribution in [2.45, 2.75) is 5.41 Å². The number of hydrogen-bond acceptors (Lipinski definition) is 2. The molecule has 0 amide bonds. The molecule has 0 saturated heterocycles. The second kappa shape index (κ2) is 14.8. The van der Waals surface area contributed by atoms with Crippen molar-refractivity contribution < 1.29 is 4.42 Å². The van der Waals surface area contributed by atoms with E-state index in [0.717, 1.165) is 50.1 Å². The summed E-state index contributed by atoms with van der Waals surface area (Å²) < 4.78 is 7.14. The summed E-state index contributed by atoms with van der Waals surface area (Å²) >= 11 is 0. The summed E-state index contributed by atoms with van der Waals surface area (Å²) in [6.07, 6.45) is 0. The monoisotopic (exact) mass is 827 g/mol. The topological polar surface area (TPSA) is 16.4 Å². The fourth-order valence-electron chi connectivity index (χ4n) is 10.8. The van der Waals surface area contributed by atoms with Gasteiger partial charge in [-0.15, -0.1) is 0 Å². The lowest BCUT2D eigenvalue weighted by atomic mass is 9.67. The Morgan fingerprint density at radius 3 is 1.66 bits per heavy atom. The van der Waals surface area contributed by atoms with Crippen LogP contribution in [0.1, 0.15) is 22.3 Å². The van der Waals surface area contributed by atoms with Crippen molar-refractivity contribution in [1.82, 2.24) is 0 Å². The first-order valence-corrected chi connectivity index (χ1v) is 22.4. The normalized spacial score (nSPS) is 12.7. The maximum Gasteiger partial charge on any atom is 0.143 e. The zero-order valence-electron chi connectivity index (χ0n) is 35.5. The van der Waals surface area contributed by atoms with Crippen LogP contribution < -0.4 is 4.90 Å². The Hall–Kier alpha value is -8.46. The molecule has 1 aromatic heterocycles. The van der Waals surface area contributed by atoms with Crippen LogP contribution in [0, 0.1) is 0 Å². The minimum atomic E-state index is -0.531. The van der Waals surface area contributed by atoms with Crippen molar-refractivity contribution in [3.63, 3.8) is 0 Å². The van der Waals surface area contributed by atoms with Crippen molar-refractivity contribution in [3.05, 3.63) is 271 Å². The van der Waals surface area contributed by atoms with E-state index in [1.807, 2.05) is 0 Å². The number of benzene rings is 11. The van der Waals surface area contributed by atoms with E-state index in [9.17, 15) is 0 Å². The van der Waals surface area contributed by atoms with Gasteiger partial charge in [0.2, 0.25) is 0 Å². The van der Waals surface area contributed by atoms with Crippen molar-refractivity contribution in [3.8, 4) is 33.4 Å². The van der Waals surface area contributed by atoms with E-state index in [-0.39, 0.29) is 0 Å². The van der Waals surface area contributed by atoms with Gasteiger partial charge >= 0.3 is 0 Å². The maximum absolute atomic E-state index is 7.14. The van der Waals surface area contributed by atoms with E-state index >= 15 is 0 Å². The Morgan fingerprint density at radius 1 is 0.323 bits per heavy atom. The smallest absolute Gasteiger partial charge is 0.143 e. The van der Waals surface area contributed by atoms with Gasteiger partial charge in [0, 0.05) is 39.5 Å². The van der Waals surface area contributed by atoms with Crippen molar-refractivity contribution in [2.75, 3.05) is 4.90 Å². The van der Waals surface area contributed by atoms with Gasteiger partial charge in [-0.2, -0.15) is 0 Å². The number of anilines is 3. The molecule has 0 N–H and O–H groups in total. The van der Waals surface area contributed by atoms with Gasteiger partial charge in [-0.3, -0.25) is 0 Å². The van der Waals surface area contributed by atoms with Crippen LogP contribution in [-0.4, -0.2) is 0 Å². The third kappa shape index (κ3) is 5.81. The number of furan rings is 1. The summed E-state index contributed by atoms with van der Waals surface area (Å²) in [6.45, 7) is 0. The maximum atomic E-state index is 7.14. The highest BCUT2D eigenvalue weighted by atomic mass is 16.3. The van der Waals surface area contributed by atoms with E-state index in [0.29, 0.717) is 0 Å². The Labute approximate surface area is 377 Å². The van der Waals surface area contributed by atoms with E-state index in [1.165, 1.54) is 66.1 Å². The molecule has 1 aliphatic carbocycles. The summed E-state index contributed by atoms with van der Waals surface area (Å²) in [5.74, 6) is 0. The molecule has 0 atom stereocenters. The molecular formula is C63H41NO. The second-order valence-corrected chi connectivity index (χ2v) is 17.2. The Balaban J connectivity index is 1.04. The highest BCUT2D eigenvalue weighted by molar-refractivity contribution is 6.19. The van der Waals surface area contributed by atoms with Crippen molar-refractivity contribution in [2.24, 2.45) is 0 Å². The fraction of sp³-hybridized carbons (Fsp3) is 0.0159. The zero-order valence-corrected chi connectivity index (χ0v) is 35.5. The van der Waals surface area contributed by atoms with Gasteiger partial charge in [-0.05, 0) is 120 Å². The van der Waals surface area contributed by atoms with Gasteiger partial charge in [-0.1, -0.05) is 194 Å². The molecule has 0 unspecified atom stereocenters. The van der Waals surface area contributed by atoms with Gasteiger partial charge < -0.3 is 9.32 Å². The SMILES string of the molecule is c1ccc(-c2ccc(N(c3ccc4c(c3)C(c3ccccc3)(c3ccccc3)c3ccccc3-4)c3ccc4c(c3)oc3c(-c5ccc6ccccc6c5)c5ccccc5cc34)cc2)cc1. The minimum Gasteiger partial charge on any atom is -0.455 e. The molecule has 65 heavy (non-hydrogen) atoms. The van der Waals surface area contributed by atoms with Gasteiger partial charge in [0.1, 0.15) is 11.2 Å². The molecule has 2 heteroatoms. The molecule has 13 rings (SSSR count). The lowest BCUT2D eigenvalue weighted by Gasteiger charge is -2.35. The Kier molecular flexibility index (Phi) is 8.47. The van der Waals surface area contributed by atoms with Crippen LogP contribution in [0.15, 0.2) is 253 Å². The van der Waals surface area contributed by atoms with Crippen LogP contribution in [0.4, 0.5) is 17.1 Å². The minimum absolute atomic E-state index is 0.531. The van der Waals surface area contributed by atoms with E-state index in [2.05, 4.69) is 254 Å². The standard InChI is InChI=1S/C63H41NO/c1-4-16-42(17-5-1)44-30-32-50(33-31-44)64(51-34-36-55-54-26-14-15-27-58(54)63(59(55)40-51,48-21-6-2-7-22-48)49-23-8-3-9-24-49)52-35-37-56-57-39-46-20-12-13-25-53(46)61(62(57)65-60(56)41-52)47-29-28-43-18-10-11-19-45(43)38-47/h1-41H. The predicted molar refractivity (Wildman–Crippen MR) is 272 cm³/mol. The van der Waals surface area contributed by atoms with Crippen LogP contribution in [-0.2, 0) is 5.41 Å². The fourth-order valence-corrected chi connectivity index (χ4v) is 10.8. The van der Waals surface area contributed by atoms with Crippen molar-refractivity contribution >= 4 is 60.5 Å². The summed E-state index contributed by atoms with van der Waals surface area (Å²) in [7, 11) is 0. The Bertz CT molecular complexity index is 3720. The molecular weight excluding hydrogens is 787 g/mol. The molecule has 0 spiro atoms. The zero-order chi connectivity index (χ0) is 42.9. The largest absolute Gasteiger partial charge is 0.455 e. The van der Waals surface area contributed by atoms with Gasteiger partial charge in [0.25, 0.3) is 0 Å². The first kappa shape index (κ1) is 37.1. The predicted octanol–water partition coefficient (Wildman–Crippen LogP) is 17.1. The quantitative estimate of drug-likeness (QED) is 0.159. The number of hydrogen-bond donors (Lipinski definition) is 0. The number of rotatable bonds is 7. The molecule has 0 aliphatic heterocycles. The summed E-state index contributed by atoms with van der Waals surface area (Å²) in [5.41, 5.74) is 16.5. The third-order valence-electron chi connectivity index (χ3n) is 13.7. The van der Waals surface area contributed by atoms with Gasteiger partial charge in [0.15, 0.2) is 0 Å². The lowest BCUT2D eigenvalue weighted by molar-refractivity contribution is 0.670. The van der Waals surface area contributed by atoms with Crippen LogP contribution in [0.3, 0.4) is 0 Å². The molecule has 304 valence electrons. The van der Waals surface area contributed by atoms with Crippen LogP contribution in [0.25, 0.3) is 76.9 Å². The first-order chi connectivity index (χ1) is 32.2. The average Bonchev–Trinajstić information content (AvgIpc) is 3.89. The molecule has 0 saturated carbocycles. The van der Waals surface area contributed by atoms with E-state index in [4.69, 9.17) is 4.42 Å². The summed E-state index contributed by atoms with van der Waals surface area (Å²) in [4.78, 5) is 2.39. The Morgan fingerprint density at radius 2 is 0.892 bits per heavy atom. The van der Waals surface area contributed by atoms with E-state index < -0.39 is 5.41 Å². The second-order valence-electron chi connectivity index (χ2n) is 17.2. The van der Waals surface area contributed by atoms with Crippen LogP contribution in [0.2, 0.25) is 0 Å². The van der Waals surface area contributed by atoms with Crippen LogP contribution >= 0.6 is 0 Å². The molecule has 0 fully saturated rings. The van der Waals surface area contributed by atoms with Crippen molar-refractivity contribution in [1.29, 1.82) is 0 Å². The number of nitrogens with zero attached hydrogens (tertiary/aromatic N) is 1. The molecule has 0 radical (unpaired) electrons. The van der Waals surface area contributed by atoms with E-state index in [1.54, 1.807) is 0 Å². The third-order valence-corrected chi connectivity index (χ3v) is 13.7. The molecule has 1 aliphatic rings. The molecule has 0 bridgehead atoms. The summed E-state index contributed by atoms with van der Waals surface area (Å²) in [5, 5.41) is 6.99. The van der Waals surface area contributed by atoms with Crippen LogP contribution in [0.5, 0.6) is 0 Å². The number of fused-ring (bicyclic) bond motifs is 8. The average molecular weight is 828 g/mol. The first-order valence-electron chi connectivity index (χ1n) is 22.4.